The standard InChI is InChI=1S/C21H23F3N2O2/c1-14(2)19(26-18(27)12-15-7-4-3-5-8-15)20(28)25-13-16-9-6-10-17(11-16)21(22,23)24/h3-11,14,19H,12-13H2,1-2H3,(H,25,28)(H,26,27). The van der Waals surface area contributed by atoms with Crippen molar-refractivity contribution in [1.29, 1.82) is 0 Å². The van der Waals surface area contributed by atoms with E-state index in [0.717, 1.165) is 17.7 Å². The Labute approximate surface area is 162 Å². The first-order chi connectivity index (χ1) is 13.2. The lowest BCUT2D eigenvalue weighted by atomic mass is 10.0. The van der Waals surface area contributed by atoms with Gasteiger partial charge in [-0.3, -0.25) is 9.59 Å². The fourth-order valence-corrected chi connectivity index (χ4v) is 2.70. The molecule has 0 spiro atoms. The van der Waals surface area contributed by atoms with Crippen molar-refractivity contribution in [3.8, 4) is 0 Å². The Balaban J connectivity index is 1.96. The van der Waals surface area contributed by atoms with Crippen LogP contribution in [0.5, 0.6) is 0 Å². The summed E-state index contributed by atoms with van der Waals surface area (Å²) < 4.78 is 38.4. The summed E-state index contributed by atoms with van der Waals surface area (Å²) in [5.74, 6) is -0.908. The summed E-state index contributed by atoms with van der Waals surface area (Å²) in [5.41, 5.74) is 0.393. The van der Waals surface area contributed by atoms with E-state index >= 15 is 0 Å². The van der Waals surface area contributed by atoms with Crippen molar-refractivity contribution in [2.24, 2.45) is 5.92 Å². The predicted molar refractivity (Wildman–Crippen MR) is 100 cm³/mol. The summed E-state index contributed by atoms with van der Waals surface area (Å²) in [6, 6.07) is 13.1. The molecule has 0 heterocycles. The maximum Gasteiger partial charge on any atom is 0.416 e. The lowest BCUT2D eigenvalue weighted by Gasteiger charge is -2.22. The van der Waals surface area contributed by atoms with Crippen LogP contribution in [0.15, 0.2) is 54.6 Å². The second kappa shape index (κ2) is 9.39. The van der Waals surface area contributed by atoms with Crippen LogP contribution in [-0.2, 0) is 28.7 Å². The maximum atomic E-state index is 12.8. The highest BCUT2D eigenvalue weighted by Gasteiger charge is 2.30. The summed E-state index contributed by atoms with van der Waals surface area (Å²) >= 11 is 0. The lowest BCUT2D eigenvalue weighted by Crippen LogP contribution is -2.49. The van der Waals surface area contributed by atoms with Crippen LogP contribution in [0.4, 0.5) is 13.2 Å². The molecule has 0 aliphatic carbocycles. The van der Waals surface area contributed by atoms with Crippen LogP contribution >= 0.6 is 0 Å². The van der Waals surface area contributed by atoms with E-state index in [0.29, 0.717) is 5.56 Å². The number of hydrogen-bond acceptors (Lipinski definition) is 2. The van der Waals surface area contributed by atoms with Gasteiger partial charge in [-0.25, -0.2) is 0 Å². The quantitative estimate of drug-likeness (QED) is 0.755. The van der Waals surface area contributed by atoms with Crippen molar-refractivity contribution in [3.63, 3.8) is 0 Å². The van der Waals surface area contributed by atoms with E-state index in [2.05, 4.69) is 10.6 Å². The summed E-state index contributed by atoms with van der Waals surface area (Å²) in [6.07, 6.45) is -4.29. The molecule has 2 rings (SSSR count). The average Bonchev–Trinajstić information content (AvgIpc) is 2.64. The van der Waals surface area contributed by atoms with Crippen molar-refractivity contribution in [3.05, 3.63) is 71.3 Å². The monoisotopic (exact) mass is 392 g/mol. The minimum atomic E-state index is -4.44. The highest BCUT2D eigenvalue weighted by Crippen LogP contribution is 2.29. The lowest BCUT2D eigenvalue weighted by molar-refractivity contribution is -0.137. The van der Waals surface area contributed by atoms with Gasteiger partial charge in [-0.2, -0.15) is 13.2 Å². The summed E-state index contributed by atoms with van der Waals surface area (Å²) in [6.45, 7) is 3.52. The predicted octanol–water partition coefficient (Wildman–Crippen LogP) is 3.71. The van der Waals surface area contributed by atoms with Crippen LogP contribution in [0.2, 0.25) is 0 Å². The molecule has 0 saturated carbocycles. The fourth-order valence-electron chi connectivity index (χ4n) is 2.70. The van der Waals surface area contributed by atoms with Gasteiger partial charge in [-0.05, 0) is 29.2 Å². The van der Waals surface area contributed by atoms with Crippen LogP contribution in [0, 0.1) is 5.92 Å². The average molecular weight is 392 g/mol. The molecule has 1 atom stereocenters. The van der Waals surface area contributed by atoms with Gasteiger partial charge in [-0.1, -0.05) is 56.3 Å². The fraction of sp³-hybridized carbons (Fsp3) is 0.333. The number of alkyl halides is 3. The Bertz CT molecular complexity index is 805. The molecule has 0 saturated heterocycles. The molecule has 2 N–H and O–H groups in total. The Hall–Kier alpha value is -2.83. The first-order valence-corrected chi connectivity index (χ1v) is 8.94. The summed E-state index contributed by atoms with van der Waals surface area (Å²) in [7, 11) is 0. The molecule has 0 fully saturated rings. The largest absolute Gasteiger partial charge is 0.416 e. The zero-order valence-electron chi connectivity index (χ0n) is 15.7. The summed E-state index contributed by atoms with van der Waals surface area (Å²) in [4.78, 5) is 24.7. The molecule has 7 heteroatoms. The smallest absolute Gasteiger partial charge is 0.350 e. The first kappa shape index (κ1) is 21.5. The second-order valence-corrected chi connectivity index (χ2v) is 6.87. The number of amides is 2. The van der Waals surface area contributed by atoms with Gasteiger partial charge < -0.3 is 10.6 Å². The molecular formula is C21H23F3N2O2. The molecule has 1 unspecified atom stereocenters. The molecule has 0 aliphatic rings. The van der Waals surface area contributed by atoms with Gasteiger partial charge in [0.15, 0.2) is 0 Å². The number of rotatable bonds is 7. The zero-order chi connectivity index (χ0) is 20.7. The van der Waals surface area contributed by atoms with Crippen molar-refractivity contribution < 1.29 is 22.8 Å². The minimum absolute atomic E-state index is 0.0550. The van der Waals surface area contributed by atoms with Gasteiger partial charge in [0.25, 0.3) is 0 Å². The van der Waals surface area contributed by atoms with E-state index in [4.69, 9.17) is 0 Å². The number of carbonyl (C=O) groups is 2. The Morgan fingerprint density at radius 3 is 2.21 bits per heavy atom. The Kier molecular flexibility index (Phi) is 7.20. The number of benzene rings is 2. The molecule has 2 aromatic rings. The zero-order valence-corrected chi connectivity index (χ0v) is 15.7. The molecule has 28 heavy (non-hydrogen) atoms. The van der Waals surface area contributed by atoms with E-state index in [1.54, 1.807) is 13.8 Å². The van der Waals surface area contributed by atoms with Crippen molar-refractivity contribution in [2.75, 3.05) is 0 Å². The molecule has 150 valence electrons. The van der Waals surface area contributed by atoms with E-state index in [9.17, 15) is 22.8 Å². The van der Waals surface area contributed by atoms with Gasteiger partial charge in [0.1, 0.15) is 6.04 Å². The Morgan fingerprint density at radius 1 is 0.964 bits per heavy atom. The van der Waals surface area contributed by atoms with Gasteiger partial charge in [0, 0.05) is 6.54 Å². The number of nitrogens with one attached hydrogen (secondary N) is 2. The molecular weight excluding hydrogens is 369 g/mol. The van der Waals surface area contributed by atoms with E-state index in [-0.39, 0.29) is 24.8 Å². The van der Waals surface area contributed by atoms with Gasteiger partial charge in [-0.15, -0.1) is 0 Å². The second-order valence-electron chi connectivity index (χ2n) is 6.87. The van der Waals surface area contributed by atoms with Crippen LogP contribution in [0.25, 0.3) is 0 Å². The highest BCUT2D eigenvalue weighted by molar-refractivity contribution is 5.88. The number of hydrogen-bond donors (Lipinski definition) is 2. The topological polar surface area (TPSA) is 58.2 Å². The third-order valence-corrected chi connectivity index (χ3v) is 4.19. The van der Waals surface area contributed by atoms with Gasteiger partial charge >= 0.3 is 6.18 Å². The highest BCUT2D eigenvalue weighted by atomic mass is 19.4. The third kappa shape index (κ3) is 6.40. The minimum Gasteiger partial charge on any atom is -0.350 e. The van der Waals surface area contributed by atoms with E-state index in [1.807, 2.05) is 30.3 Å². The van der Waals surface area contributed by atoms with Crippen LogP contribution < -0.4 is 10.6 Å². The van der Waals surface area contributed by atoms with Gasteiger partial charge in [0.2, 0.25) is 11.8 Å². The molecule has 4 nitrogen and oxygen atoms in total. The molecule has 2 amide bonds. The Morgan fingerprint density at radius 2 is 1.61 bits per heavy atom. The van der Waals surface area contributed by atoms with Crippen molar-refractivity contribution >= 4 is 11.8 Å². The van der Waals surface area contributed by atoms with Crippen LogP contribution in [0.3, 0.4) is 0 Å². The first-order valence-electron chi connectivity index (χ1n) is 8.94. The molecule has 0 aliphatic heterocycles. The SMILES string of the molecule is CC(C)C(NC(=O)Cc1ccccc1)C(=O)NCc1cccc(C(F)(F)F)c1. The molecule has 2 aromatic carbocycles. The number of carbonyl (C=O) groups excluding carboxylic acids is 2. The van der Waals surface area contributed by atoms with Gasteiger partial charge in [0.05, 0.1) is 12.0 Å². The van der Waals surface area contributed by atoms with Crippen LogP contribution in [-0.4, -0.2) is 17.9 Å². The van der Waals surface area contributed by atoms with E-state index < -0.39 is 23.7 Å². The molecule has 0 bridgehead atoms. The number of halogens is 3. The molecule has 0 radical (unpaired) electrons. The third-order valence-electron chi connectivity index (χ3n) is 4.19. The maximum absolute atomic E-state index is 12.8. The molecule has 0 aromatic heterocycles. The van der Waals surface area contributed by atoms with Crippen molar-refractivity contribution in [1.82, 2.24) is 10.6 Å². The normalized spacial score (nSPS) is 12.5. The van der Waals surface area contributed by atoms with E-state index in [1.165, 1.54) is 12.1 Å². The van der Waals surface area contributed by atoms with Crippen molar-refractivity contribution in [2.45, 2.75) is 39.0 Å². The van der Waals surface area contributed by atoms with Crippen LogP contribution in [0.1, 0.15) is 30.5 Å². The summed E-state index contributed by atoms with van der Waals surface area (Å²) in [5, 5.41) is 5.31.